The van der Waals surface area contributed by atoms with E-state index in [2.05, 4.69) is 10.0 Å². The van der Waals surface area contributed by atoms with Gasteiger partial charge in [-0.15, -0.1) is 0 Å². The Hall–Kier alpha value is -3.56. The lowest BCUT2D eigenvalue weighted by atomic mass is 10.0. The van der Waals surface area contributed by atoms with Crippen LogP contribution in [0, 0.1) is 6.92 Å². The summed E-state index contributed by atoms with van der Waals surface area (Å²) in [6.45, 7) is 2.11. The smallest absolute Gasteiger partial charge is 0.241 e. The standard InChI is InChI=1S/C26H30N2O6S/c1-18-12-14-20(15-13-18)35(30,31)28-22(21-9-7-11-24(33-3)26(21)34-4)16-25(29)27-17-19-8-5-6-10-23(19)32-2/h5-15,22,28H,16-17H2,1-4H3,(H,27,29)/t22-/m0/s1. The molecule has 0 bridgehead atoms. The number of carbonyl (C=O) groups is 1. The van der Waals surface area contributed by atoms with E-state index >= 15 is 0 Å². The molecule has 186 valence electrons. The van der Waals surface area contributed by atoms with Gasteiger partial charge < -0.3 is 19.5 Å². The molecule has 1 atom stereocenters. The maximum Gasteiger partial charge on any atom is 0.241 e. The zero-order valence-corrected chi connectivity index (χ0v) is 21.0. The fourth-order valence-electron chi connectivity index (χ4n) is 3.67. The Morgan fingerprint density at radius 1 is 0.857 bits per heavy atom. The zero-order valence-electron chi connectivity index (χ0n) is 20.2. The lowest BCUT2D eigenvalue weighted by Crippen LogP contribution is -2.34. The second-order valence-electron chi connectivity index (χ2n) is 7.86. The quantitative estimate of drug-likeness (QED) is 0.417. The molecule has 1 amide bonds. The van der Waals surface area contributed by atoms with Crippen LogP contribution in [0.4, 0.5) is 0 Å². The average molecular weight is 499 g/mol. The van der Waals surface area contributed by atoms with Crippen LogP contribution in [0.25, 0.3) is 0 Å². The SMILES string of the molecule is COc1ccccc1CNC(=O)C[C@H](NS(=O)(=O)c1ccc(C)cc1)c1cccc(OC)c1OC. The van der Waals surface area contributed by atoms with Crippen LogP contribution in [-0.2, 0) is 21.4 Å². The van der Waals surface area contributed by atoms with Crippen molar-refractivity contribution < 1.29 is 27.4 Å². The van der Waals surface area contributed by atoms with Gasteiger partial charge in [-0.25, -0.2) is 13.1 Å². The van der Waals surface area contributed by atoms with Gasteiger partial charge in [0.15, 0.2) is 11.5 Å². The molecular weight excluding hydrogens is 468 g/mol. The highest BCUT2D eigenvalue weighted by molar-refractivity contribution is 7.89. The first-order valence-corrected chi connectivity index (χ1v) is 12.5. The van der Waals surface area contributed by atoms with Gasteiger partial charge in [-0.3, -0.25) is 4.79 Å². The summed E-state index contributed by atoms with van der Waals surface area (Å²) >= 11 is 0. The molecule has 3 rings (SSSR count). The van der Waals surface area contributed by atoms with Crippen LogP contribution < -0.4 is 24.2 Å². The molecule has 0 aliphatic heterocycles. The number of para-hydroxylation sites is 2. The number of rotatable bonds is 11. The van der Waals surface area contributed by atoms with Crippen molar-refractivity contribution >= 4 is 15.9 Å². The summed E-state index contributed by atoms with van der Waals surface area (Å²) in [5.74, 6) is 1.08. The summed E-state index contributed by atoms with van der Waals surface area (Å²) in [6.07, 6.45) is -0.163. The van der Waals surface area contributed by atoms with Crippen molar-refractivity contribution in [1.82, 2.24) is 10.0 Å². The van der Waals surface area contributed by atoms with Crippen LogP contribution in [0.1, 0.15) is 29.2 Å². The number of hydrogen-bond acceptors (Lipinski definition) is 6. The summed E-state index contributed by atoms with van der Waals surface area (Å²) in [6, 6.07) is 18.1. The molecule has 8 nitrogen and oxygen atoms in total. The third-order valence-electron chi connectivity index (χ3n) is 5.50. The molecule has 0 aliphatic rings. The van der Waals surface area contributed by atoms with Crippen LogP contribution in [0.2, 0.25) is 0 Å². The van der Waals surface area contributed by atoms with Crippen LogP contribution in [0.5, 0.6) is 17.2 Å². The summed E-state index contributed by atoms with van der Waals surface area (Å²) in [4.78, 5) is 13.1. The first-order valence-electron chi connectivity index (χ1n) is 11.0. The van der Waals surface area contributed by atoms with Crippen molar-refractivity contribution in [2.45, 2.75) is 30.8 Å². The monoisotopic (exact) mass is 498 g/mol. The largest absolute Gasteiger partial charge is 0.496 e. The summed E-state index contributed by atoms with van der Waals surface area (Å²) in [5, 5.41) is 2.85. The predicted molar refractivity (Wildman–Crippen MR) is 133 cm³/mol. The maximum atomic E-state index is 13.2. The van der Waals surface area contributed by atoms with Crippen molar-refractivity contribution in [2.75, 3.05) is 21.3 Å². The van der Waals surface area contributed by atoms with Crippen molar-refractivity contribution in [3.8, 4) is 17.2 Å². The van der Waals surface area contributed by atoms with E-state index in [4.69, 9.17) is 14.2 Å². The van der Waals surface area contributed by atoms with E-state index in [0.29, 0.717) is 22.8 Å². The van der Waals surface area contributed by atoms with Gasteiger partial charge in [-0.1, -0.05) is 48.0 Å². The van der Waals surface area contributed by atoms with Gasteiger partial charge in [0.2, 0.25) is 15.9 Å². The number of carbonyl (C=O) groups excluding carboxylic acids is 1. The number of nitrogens with one attached hydrogen (secondary N) is 2. The van der Waals surface area contributed by atoms with Gasteiger partial charge in [0.05, 0.1) is 32.3 Å². The van der Waals surface area contributed by atoms with Gasteiger partial charge in [0.1, 0.15) is 5.75 Å². The Bertz CT molecular complexity index is 1260. The van der Waals surface area contributed by atoms with Gasteiger partial charge in [-0.2, -0.15) is 0 Å². The minimum Gasteiger partial charge on any atom is -0.496 e. The van der Waals surface area contributed by atoms with E-state index in [-0.39, 0.29) is 23.8 Å². The van der Waals surface area contributed by atoms with E-state index in [1.165, 1.54) is 26.4 Å². The van der Waals surface area contributed by atoms with Crippen LogP contribution >= 0.6 is 0 Å². The van der Waals surface area contributed by atoms with Gasteiger partial charge >= 0.3 is 0 Å². The molecule has 0 unspecified atom stereocenters. The lowest BCUT2D eigenvalue weighted by Gasteiger charge is -2.22. The normalized spacial score (nSPS) is 12.0. The van der Waals surface area contributed by atoms with Crippen molar-refractivity contribution in [3.05, 3.63) is 83.4 Å². The topological polar surface area (TPSA) is 103 Å². The summed E-state index contributed by atoms with van der Waals surface area (Å²) < 4.78 is 45.3. The molecule has 9 heteroatoms. The van der Waals surface area contributed by atoms with E-state index in [9.17, 15) is 13.2 Å². The van der Waals surface area contributed by atoms with Crippen LogP contribution in [0.3, 0.4) is 0 Å². The Morgan fingerprint density at radius 2 is 1.51 bits per heavy atom. The molecule has 3 aromatic carbocycles. The second kappa shape index (κ2) is 11.7. The fourth-order valence-corrected chi connectivity index (χ4v) is 4.89. The number of sulfonamides is 1. The third kappa shape index (κ3) is 6.52. The first kappa shape index (κ1) is 26.1. The van der Waals surface area contributed by atoms with Crippen LogP contribution in [-0.4, -0.2) is 35.7 Å². The Kier molecular flexibility index (Phi) is 8.73. The zero-order chi connectivity index (χ0) is 25.4. The minimum atomic E-state index is -3.94. The van der Waals surface area contributed by atoms with E-state index in [1.807, 2.05) is 25.1 Å². The molecule has 2 N–H and O–H groups in total. The van der Waals surface area contributed by atoms with E-state index in [1.54, 1.807) is 43.5 Å². The molecule has 0 saturated heterocycles. The molecule has 0 fully saturated rings. The number of ether oxygens (including phenoxy) is 3. The Labute approximate surface area is 206 Å². The second-order valence-corrected chi connectivity index (χ2v) is 9.58. The van der Waals surface area contributed by atoms with Gasteiger partial charge in [0.25, 0.3) is 0 Å². The molecule has 0 heterocycles. The molecular formula is C26H30N2O6S. The number of amides is 1. The van der Waals surface area contributed by atoms with Crippen LogP contribution in [0.15, 0.2) is 71.6 Å². The summed E-state index contributed by atoms with van der Waals surface area (Å²) in [7, 11) is 0.582. The molecule has 0 radical (unpaired) electrons. The van der Waals surface area contributed by atoms with E-state index in [0.717, 1.165) is 11.1 Å². The summed E-state index contributed by atoms with van der Waals surface area (Å²) in [5.41, 5.74) is 2.22. The van der Waals surface area contributed by atoms with Gasteiger partial charge in [-0.05, 0) is 31.2 Å². The molecule has 0 spiro atoms. The van der Waals surface area contributed by atoms with Crippen molar-refractivity contribution in [3.63, 3.8) is 0 Å². The number of methoxy groups -OCH3 is 3. The number of hydrogen-bond donors (Lipinski definition) is 2. The highest BCUT2D eigenvalue weighted by Gasteiger charge is 2.27. The van der Waals surface area contributed by atoms with E-state index < -0.39 is 16.1 Å². The lowest BCUT2D eigenvalue weighted by molar-refractivity contribution is -0.121. The maximum absolute atomic E-state index is 13.2. The fraction of sp³-hybridized carbons (Fsp3) is 0.269. The number of benzene rings is 3. The molecule has 0 saturated carbocycles. The Morgan fingerprint density at radius 3 is 2.17 bits per heavy atom. The highest BCUT2D eigenvalue weighted by Crippen LogP contribution is 2.36. The third-order valence-corrected chi connectivity index (χ3v) is 6.98. The van der Waals surface area contributed by atoms with Crippen molar-refractivity contribution in [2.24, 2.45) is 0 Å². The van der Waals surface area contributed by atoms with Crippen molar-refractivity contribution in [1.29, 1.82) is 0 Å². The predicted octanol–water partition coefficient (Wildman–Crippen LogP) is 3.75. The Balaban J connectivity index is 1.89. The molecule has 35 heavy (non-hydrogen) atoms. The number of aryl methyl sites for hydroxylation is 1. The minimum absolute atomic E-state index is 0.101. The highest BCUT2D eigenvalue weighted by atomic mass is 32.2. The molecule has 3 aromatic rings. The molecule has 0 aliphatic carbocycles. The average Bonchev–Trinajstić information content (AvgIpc) is 2.86. The first-order chi connectivity index (χ1) is 16.8. The molecule has 0 aromatic heterocycles. The van der Waals surface area contributed by atoms with Gasteiger partial charge in [0, 0.05) is 24.1 Å².